The fraction of sp³-hybridized carbons (Fsp3) is 1.00. The maximum absolute atomic E-state index is 12.5. The molecule has 0 fully saturated rings. The lowest BCUT2D eigenvalue weighted by atomic mass is 10.4. The Morgan fingerprint density at radius 3 is 1.48 bits per heavy atom. The third kappa shape index (κ3) is 7.30. The summed E-state index contributed by atoms with van der Waals surface area (Å²) in [5, 5.41) is 43.1. The average molecular weight is 412 g/mol. The number of aliphatic hydroxyl groups is 5. The molecule has 0 aromatic heterocycles. The largest absolute Gasteiger partial charge is 0.394 e. The van der Waals surface area contributed by atoms with Crippen molar-refractivity contribution in [1.82, 2.24) is 0 Å². The van der Waals surface area contributed by atoms with Crippen LogP contribution in [0.15, 0.2) is 0 Å². The van der Waals surface area contributed by atoms with Crippen LogP contribution in [-0.2, 0) is 18.2 Å². The molecular weight excluding hydrogens is 384 g/mol. The lowest BCUT2D eigenvalue weighted by molar-refractivity contribution is -0.873. The van der Waals surface area contributed by atoms with Crippen molar-refractivity contribution in [2.24, 2.45) is 0 Å². The molecule has 4 atom stereocenters. The first-order chi connectivity index (χ1) is 11.1. The van der Waals surface area contributed by atoms with Gasteiger partial charge in [-0.3, -0.25) is 9.13 Å². The number of hydrogen-bond acceptors (Lipinski definition) is 9. The minimum Gasteiger partial charge on any atom is -0.394 e. The standard InChI is InChI=1S/C11H27NO11P2/c1-12(2,3)8-11(17,24(18,19)22-6-9(15)4-13)25(20,21)23-7-10(16)5-14/h9-10,13-17H,4-8H2,1-3H3,(H-,18,19,20,21)/p+1. The van der Waals surface area contributed by atoms with Gasteiger partial charge >= 0.3 is 20.3 Å². The van der Waals surface area contributed by atoms with Gasteiger partial charge in [-0.2, -0.15) is 0 Å². The third-order valence-corrected chi connectivity index (χ3v) is 7.50. The molecule has 0 heterocycles. The van der Waals surface area contributed by atoms with E-state index in [1.165, 1.54) is 21.1 Å². The first-order valence-corrected chi connectivity index (χ1v) is 10.3. The summed E-state index contributed by atoms with van der Waals surface area (Å²) < 4.78 is 33.7. The smallest absolute Gasteiger partial charge is 0.378 e. The van der Waals surface area contributed by atoms with Crippen molar-refractivity contribution in [3.63, 3.8) is 0 Å². The molecule has 0 saturated carbocycles. The zero-order chi connectivity index (χ0) is 20.1. The highest BCUT2D eigenvalue weighted by atomic mass is 31.2. The summed E-state index contributed by atoms with van der Waals surface area (Å²) in [4.78, 5) is 20.1. The number of nitrogens with zero attached hydrogens (tertiary/aromatic N) is 1. The van der Waals surface area contributed by atoms with Crippen molar-refractivity contribution in [3.8, 4) is 0 Å². The first kappa shape index (κ1) is 25.1. The van der Waals surface area contributed by atoms with E-state index < -0.39 is 65.5 Å². The number of hydrogen-bond donors (Lipinski definition) is 7. The molecule has 14 heteroatoms. The molecule has 0 aliphatic heterocycles. The average Bonchev–Trinajstić information content (AvgIpc) is 2.48. The van der Waals surface area contributed by atoms with Gasteiger partial charge in [-0.1, -0.05) is 0 Å². The minimum atomic E-state index is -5.28. The molecule has 0 bridgehead atoms. The zero-order valence-corrected chi connectivity index (χ0v) is 16.1. The van der Waals surface area contributed by atoms with E-state index in [-0.39, 0.29) is 4.48 Å². The minimum absolute atomic E-state index is 0.247. The van der Waals surface area contributed by atoms with E-state index in [1.54, 1.807) is 0 Å². The molecule has 0 radical (unpaired) electrons. The van der Waals surface area contributed by atoms with Gasteiger partial charge in [0.2, 0.25) is 0 Å². The van der Waals surface area contributed by atoms with Crippen LogP contribution in [0.2, 0.25) is 0 Å². The van der Waals surface area contributed by atoms with Crippen LogP contribution in [-0.4, -0.2) is 111 Å². The molecule has 7 N–H and O–H groups in total. The van der Waals surface area contributed by atoms with Crippen molar-refractivity contribution >= 4 is 15.2 Å². The Kier molecular flexibility index (Phi) is 9.34. The molecule has 0 amide bonds. The molecule has 12 nitrogen and oxygen atoms in total. The van der Waals surface area contributed by atoms with Crippen molar-refractivity contribution in [2.75, 3.05) is 54.1 Å². The monoisotopic (exact) mass is 412 g/mol. The maximum atomic E-state index is 12.5. The van der Waals surface area contributed by atoms with Gasteiger partial charge in [0.1, 0.15) is 18.8 Å². The van der Waals surface area contributed by atoms with Crippen LogP contribution in [0, 0.1) is 0 Å². The van der Waals surface area contributed by atoms with E-state index in [2.05, 4.69) is 9.05 Å². The van der Waals surface area contributed by atoms with Crippen molar-refractivity contribution < 1.29 is 58.0 Å². The fourth-order valence-electron chi connectivity index (χ4n) is 1.66. The van der Waals surface area contributed by atoms with E-state index in [0.29, 0.717) is 0 Å². The molecule has 4 unspecified atom stereocenters. The van der Waals surface area contributed by atoms with Gasteiger partial charge in [-0.05, 0) is 0 Å². The van der Waals surface area contributed by atoms with Crippen LogP contribution in [0.3, 0.4) is 0 Å². The summed E-state index contributed by atoms with van der Waals surface area (Å²) in [6.45, 7) is -4.14. The second kappa shape index (κ2) is 9.32. The first-order valence-electron chi connectivity index (χ1n) is 7.17. The van der Waals surface area contributed by atoms with Crippen LogP contribution in [0.4, 0.5) is 0 Å². The second-order valence-electron chi connectivity index (χ2n) is 6.53. The van der Waals surface area contributed by atoms with E-state index in [0.717, 1.165) is 0 Å². The summed E-state index contributed by atoms with van der Waals surface area (Å²) in [5.41, 5.74) is 0. The molecule has 0 aromatic carbocycles. The maximum Gasteiger partial charge on any atom is 0.378 e. The highest BCUT2D eigenvalue weighted by molar-refractivity contribution is 7.73. The molecular formula is C11H28NO11P2+. The highest BCUT2D eigenvalue weighted by Gasteiger charge is 2.65. The van der Waals surface area contributed by atoms with E-state index in [9.17, 15) is 34.2 Å². The van der Waals surface area contributed by atoms with Gasteiger partial charge in [0.05, 0.1) is 47.6 Å². The topological polar surface area (TPSA) is 194 Å². The normalized spacial score (nSPS) is 22.5. The van der Waals surface area contributed by atoms with Crippen LogP contribution < -0.4 is 0 Å². The molecule has 0 aliphatic carbocycles. The summed E-state index contributed by atoms with van der Waals surface area (Å²) in [6.07, 6.45) is -3.10. The second-order valence-corrected chi connectivity index (χ2v) is 11.0. The van der Waals surface area contributed by atoms with Crippen molar-refractivity contribution in [2.45, 2.75) is 17.3 Å². The predicted octanol–water partition coefficient (Wildman–Crippen LogP) is -2.55. The highest BCUT2D eigenvalue weighted by Crippen LogP contribution is 2.72. The Hall–Kier alpha value is 0.0600. The third-order valence-electron chi connectivity index (χ3n) is 2.90. The van der Waals surface area contributed by atoms with Gasteiger partial charge in [0.15, 0.2) is 0 Å². The van der Waals surface area contributed by atoms with Crippen LogP contribution in [0.25, 0.3) is 0 Å². The number of likely N-dealkylation sites (N-methyl/N-ethyl adjacent to an activating group) is 1. The Balaban J connectivity index is 5.70. The Morgan fingerprint density at radius 2 is 1.24 bits per heavy atom. The lowest BCUT2D eigenvalue weighted by Gasteiger charge is -2.38. The summed E-state index contributed by atoms with van der Waals surface area (Å²) in [7, 11) is -6.20. The summed E-state index contributed by atoms with van der Waals surface area (Å²) >= 11 is 0. The SMILES string of the molecule is C[N+](C)(C)CC(O)(P(=O)(O)OCC(O)CO)P(=O)(O)OCC(O)CO. The van der Waals surface area contributed by atoms with Crippen molar-refractivity contribution in [3.05, 3.63) is 0 Å². The van der Waals surface area contributed by atoms with Gasteiger partial charge < -0.3 is 48.8 Å². The van der Waals surface area contributed by atoms with Crippen LogP contribution in [0.5, 0.6) is 0 Å². The fourth-order valence-corrected chi connectivity index (χ4v) is 5.65. The number of aliphatic hydroxyl groups excluding tert-OH is 4. The van der Waals surface area contributed by atoms with Gasteiger partial charge in [-0.25, -0.2) is 0 Å². The molecule has 0 rings (SSSR count). The molecule has 0 aliphatic rings. The Morgan fingerprint density at radius 1 is 0.920 bits per heavy atom. The van der Waals surface area contributed by atoms with Crippen molar-refractivity contribution in [1.29, 1.82) is 0 Å². The zero-order valence-electron chi connectivity index (χ0n) is 14.3. The van der Waals surface area contributed by atoms with Crippen LogP contribution in [0.1, 0.15) is 0 Å². The van der Waals surface area contributed by atoms with E-state index >= 15 is 0 Å². The number of quaternary nitrogens is 1. The summed E-state index contributed by atoms with van der Waals surface area (Å²) in [5.74, 6) is 0. The number of rotatable bonds is 12. The van der Waals surface area contributed by atoms with Crippen LogP contribution >= 0.6 is 15.2 Å². The Labute approximate surface area is 145 Å². The molecule has 0 aromatic rings. The molecule has 25 heavy (non-hydrogen) atoms. The van der Waals surface area contributed by atoms with Gasteiger partial charge in [0.25, 0.3) is 0 Å². The molecule has 0 spiro atoms. The van der Waals surface area contributed by atoms with Gasteiger partial charge in [0, 0.05) is 0 Å². The predicted molar refractivity (Wildman–Crippen MR) is 85.6 cm³/mol. The molecule has 0 saturated heterocycles. The quantitative estimate of drug-likeness (QED) is 0.132. The van der Waals surface area contributed by atoms with E-state index in [4.69, 9.17) is 10.2 Å². The van der Waals surface area contributed by atoms with Gasteiger partial charge in [-0.15, -0.1) is 0 Å². The summed E-state index contributed by atoms with van der Waals surface area (Å²) in [6, 6.07) is 0. The Bertz CT molecular complexity index is 475. The lowest BCUT2D eigenvalue weighted by Crippen LogP contribution is -2.49. The van der Waals surface area contributed by atoms with E-state index in [1.807, 2.05) is 0 Å². The molecule has 152 valence electrons.